The summed E-state index contributed by atoms with van der Waals surface area (Å²) in [5.74, 6) is 1.07. The molecule has 5 N–H and O–H groups in total. The van der Waals surface area contributed by atoms with Crippen LogP contribution in [-0.4, -0.2) is 6.54 Å². The number of nitrogens with two attached hydrogens (primary N) is 1. The Morgan fingerprint density at radius 2 is 2.38 bits per heavy atom. The smallest absolute Gasteiger partial charge is 0.00178 e. The summed E-state index contributed by atoms with van der Waals surface area (Å²) in [7, 11) is 0. The van der Waals surface area contributed by atoms with Gasteiger partial charge in [-0.15, -0.1) is 0 Å². The second-order valence-electron chi connectivity index (χ2n) is 3.01. The highest BCUT2D eigenvalue weighted by Crippen LogP contribution is 2.66. The standard InChI is InChI=1S/C6H11N.H3N/c7-4-6-2-1-5(6)3-6;/h5H,1-4,7H2;1H3. The van der Waals surface area contributed by atoms with Crippen molar-refractivity contribution in [3.63, 3.8) is 0 Å². The van der Waals surface area contributed by atoms with Gasteiger partial charge in [0.2, 0.25) is 0 Å². The van der Waals surface area contributed by atoms with Crippen molar-refractivity contribution in [2.75, 3.05) is 6.54 Å². The summed E-state index contributed by atoms with van der Waals surface area (Å²) < 4.78 is 0. The van der Waals surface area contributed by atoms with Crippen molar-refractivity contribution in [2.24, 2.45) is 17.1 Å². The third-order valence-corrected chi connectivity index (χ3v) is 2.76. The van der Waals surface area contributed by atoms with Crippen LogP contribution in [0.3, 0.4) is 0 Å². The molecule has 0 spiro atoms. The first kappa shape index (κ1) is 6.05. The lowest BCUT2D eigenvalue weighted by molar-refractivity contribution is 0.303. The van der Waals surface area contributed by atoms with Crippen molar-refractivity contribution in [1.29, 1.82) is 0 Å². The topological polar surface area (TPSA) is 61.0 Å². The molecule has 2 rings (SSSR count). The Morgan fingerprint density at radius 3 is 2.38 bits per heavy atom. The molecule has 8 heavy (non-hydrogen) atoms. The molecule has 2 saturated carbocycles. The van der Waals surface area contributed by atoms with Crippen molar-refractivity contribution in [1.82, 2.24) is 6.15 Å². The van der Waals surface area contributed by atoms with E-state index in [4.69, 9.17) is 5.73 Å². The SMILES string of the molecule is N.NCC12CCC1C2. The Balaban J connectivity index is 0.000000320. The fourth-order valence-electron chi connectivity index (χ4n) is 1.74. The molecule has 0 bridgehead atoms. The third-order valence-electron chi connectivity index (χ3n) is 2.76. The highest BCUT2D eigenvalue weighted by atomic mass is 14.7. The van der Waals surface area contributed by atoms with Gasteiger partial charge in [-0.05, 0) is 37.1 Å². The van der Waals surface area contributed by atoms with Crippen LogP contribution in [0.5, 0.6) is 0 Å². The van der Waals surface area contributed by atoms with E-state index in [1.807, 2.05) is 0 Å². The lowest BCUT2D eigenvalue weighted by Gasteiger charge is -2.22. The Morgan fingerprint density at radius 1 is 1.62 bits per heavy atom. The van der Waals surface area contributed by atoms with E-state index >= 15 is 0 Å². The molecule has 0 amide bonds. The average molecular weight is 114 g/mol. The van der Waals surface area contributed by atoms with Crippen LogP contribution in [0.25, 0.3) is 0 Å². The summed E-state index contributed by atoms with van der Waals surface area (Å²) in [5, 5.41) is 0. The first-order valence-corrected chi connectivity index (χ1v) is 3.07. The van der Waals surface area contributed by atoms with Gasteiger partial charge in [-0.1, -0.05) is 0 Å². The van der Waals surface area contributed by atoms with Crippen LogP contribution in [0.2, 0.25) is 0 Å². The molecule has 2 aliphatic carbocycles. The summed E-state index contributed by atoms with van der Waals surface area (Å²) >= 11 is 0. The quantitative estimate of drug-likeness (QED) is 0.532. The minimum absolute atomic E-state index is 0. The second kappa shape index (κ2) is 1.45. The van der Waals surface area contributed by atoms with E-state index < -0.39 is 0 Å². The number of hydrogen-bond donors (Lipinski definition) is 2. The van der Waals surface area contributed by atoms with Crippen molar-refractivity contribution in [3.8, 4) is 0 Å². The van der Waals surface area contributed by atoms with Crippen molar-refractivity contribution >= 4 is 0 Å². The Labute approximate surface area is 50.0 Å². The van der Waals surface area contributed by atoms with Gasteiger partial charge in [0.25, 0.3) is 0 Å². The monoisotopic (exact) mass is 114 g/mol. The molecule has 0 aromatic rings. The van der Waals surface area contributed by atoms with Gasteiger partial charge in [0, 0.05) is 0 Å². The maximum atomic E-state index is 5.51. The van der Waals surface area contributed by atoms with Gasteiger partial charge < -0.3 is 11.9 Å². The summed E-state index contributed by atoms with van der Waals surface area (Å²) in [5.41, 5.74) is 6.22. The maximum Gasteiger partial charge on any atom is -0.00178 e. The number of hydrogen-bond acceptors (Lipinski definition) is 2. The van der Waals surface area contributed by atoms with Crippen LogP contribution in [0.15, 0.2) is 0 Å². The molecule has 48 valence electrons. The Kier molecular flexibility index (Phi) is 1.10. The van der Waals surface area contributed by atoms with E-state index in [-0.39, 0.29) is 6.15 Å². The second-order valence-corrected chi connectivity index (χ2v) is 3.01. The number of rotatable bonds is 1. The van der Waals surface area contributed by atoms with Gasteiger partial charge in [-0.25, -0.2) is 0 Å². The molecule has 2 unspecified atom stereocenters. The molecular weight excluding hydrogens is 100 g/mol. The van der Waals surface area contributed by atoms with Gasteiger partial charge in [0.1, 0.15) is 0 Å². The molecule has 2 atom stereocenters. The highest BCUT2D eigenvalue weighted by Gasteiger charge is 2.59. The van der Waals surface area contributed by atoms with E-state index in [0.29, 0.717) is 5.41 Å². The molecule has 0 radical (unpaired) electrons. The largest absolute Gasteiger partial charge is 0.344 e. The molecule has 0 aromatic heterocycles. The van der Waals surface area contributed by atoms with E-state index in [9.17, 15) is 0 Å². The van der Waals surface area contributed by atoms with Crippen molar-refractivity contribution in [2.45, 2.75) is 19.3 Å². The summed E-state index contributed by atoms with van der Waals surface area (Å²) in [6, 6.07) is 0. The van der Waals surface area contributed by atoms with Crippen molar-refractivity contribution < 1.29 is 0 Å². The lowest BCUT2D eigenvalue weighted by Crippen LogP contribution is -2.24. The van der Waals surface area contributed by atoms with Crippen LogP contribution in [0.1, 0.15) is 19.3 Å². The molecule has 0 heterocycles. The zero-order valence-electron chi connectivity index (χ0n) is 5.19. The molecule has 2 heteroatoms. The van der Waals surface area contributed by atoms with Crippen molar-refractivity contribution in [3.05, 3.63) is 0 Å². The minimum atomic E-state index is 0. The first-order chi connectivity index (χ1) is 3.37. The molecule has 2 fully saturated rings. The van der Waals surface area contributed by atoms with E-state index in [1.54, 1.807) is 0 Å². The Hall–Kier alpha value is -0.0800. The average Bonchev–Trinajstić information content (AvgIpc) is 2.12. The Bertz CT molecular complexity index is 93.2. The normalized spacial score (nSPS) is 48.4. The van der Waals surface area contributed by atoms with Gasteiger partial charge in [-0.3, -0.25) is 0 Å². The van der Waals surface area contributed by atoms with E-state index in [1.165, 1.54) is 19.3 Å². The van der Waals surface area contributed by atoms with Gasteiger partial charge >= 0.3 is 0 Å². The van der Waals surface area contributed by atoms with Crippen LogP contribution in [0, 0.1) is 11.3 Å². The summed E-state index contributed by atoms with van der Waals surface area (Å²) in [6.07, 6.45) is 4.34. The number of fused-ring (bicyclic) bond motifs is 1. The molecule has 0 aliphatic heterocycles. The van der Waals surface area contributed by atoms with Gasteiger partial charge in [0.05, 0.1) is 0 Å². The highest BCUT2D eigenvalue weighted by molar-refractivity contribution is 5.10. The van der Waals surface area contributed by atoms with E-state index in [0.717, 1.165) is 12.5 Å². The minimum Gasteiger partial charge on any atom is -0.344 e. The van der Waals surface area contributed by atoms with Gasteiger partial charge in [0.15, 0.2) is 0 Å². The molecule has 0 saturated heterocycles. The molecule has 2 nitrogen and oxygen atoms in total. The molecule has 2 aliphatic rings. The summed E-state index contributed by atoms with van der Waals surface area (Å²) in [6.45, 7) is 0.956. The summed E-state index contributed by atoms with van der Waals surface area (Å²) in [4.78, 5) is 0. The fraction of sp³-hybridized carbons (Fsp3) is 1.00. The fourth-order valence-corrected chi connectivity index (χ4v) is 1.74. The zero-order valence-corrected chi connectivity index (χ0v) is 5.19. The molecular formula is C6H14N2. The predicted molar refractivity (Wildman–Crippen MR) is 33.9 cm³/mol. The first-order valence-electron chi connectivity index (χ1n) is 3.07. The van der Waals surface area contributed by atoms with E-state index in [2.05, 4.69) is 0 Å². The van der Waals surface area contributed by atoms with Gasteiger partial charge in [-0.2, -0.15) is 0 Å². The maximum absolute atomic E-state index is 5.51. The lowest BCUT2D eigenvalue weighted by atomic mass is 9.85. The third kappa shape index (κ3) is 0.446. The predicted octanol–water partition coefficient (Wildman–Crippen LogP) is 0.907. The molecule has 0 aromatic carbocycles. The zero-order chi connectivity index (χ0) is 4.91. The van der Waals surface area contributed by atoms with Crippen LogP contribution < -0.4 is 11.9 Å². The van der Waals surface area contributed by atoms with Crippen LogP contribution in [-0.2, 0) is 0 Å². The van der Waals surface area contributed by atoms with Crippen LogP contribution in [0.4, 0.5) is 0 Å². The van der Waals surface area contributed by atoms with Crippen LogP contribution >= 0.6 is 0 Å².